The van der Waals surface area contributed by atoms with E-state index in [9.17, 15) is 18.0 Å². The smallest absolute Gasteiger partial charge is 0.344 e. The predicted octanol–water partition coefficient (Wildman–Crippen LogP) is 2.89. The number of esters is 1. The molecule has 0 unspecified atom stereocenters. The fraction of sp³-hybridized carbons (Fsp3) is 0.364. The number of carbonyl (C=O) groups is 2. The molecular weight excluding hydrogens is 420 g/mol. The lowest BCUT2D eigenvalue weighted by molar-refractivity contribution is -0.149. The van der Waals surface area contributed by atoms with Crippen LogP contribution in [0.5, 0.6) is 5.75 Å². The van der Waals surface area contributed by atoms with Crippen molar-refractivity contribution in [1.29, 1.82) is 0 Å². The van der Waals surface area contributed by atoms with Gasteiger partial charge in [-0.3, -0.25) is 4.79 Å². The molecule has 0 aliphatic carbocycles. The molecule has 0 heterocycles. The third kappa shape index (κ3) is 6.80. The SMILES string of the molecule is CCN(CC)S(=O)(=O)c1cccc(NC(=O)COC(=O)COc2cc(C)ccc2C)c1. The topological polar surface area (TPSA) is 102 Å². The number of amides is 1. The molecule has 0 aromatic heterocycles. The number of hydrogen-bond donors (Lipinski definition) is 1. The van der Waals surface area contributed by atoms with Gasteiger partial charge in [-0.1, -0.05) is 32.0 Å². The van der Waals surface area contributed by atoms with Crippen LogP contribution in [0.25, 0.3) is 0 Å². The van der Waals surface area contributed by atoms with E-state index in [-0.39, 0.29) is 11.5 Å². The molecule has 2 rings (SSSR count). The van der Waals surface area contributed by atoms with E-state index in [2.05, 4.69) is 5.32 Å². The molecule has 0 radical (unpaired) electrons. The first-order valence-corrected chi connectivity index (χ1v) is 11.4. The van der Waals surface area contributed by atoms with Crippen LogP contribution in [0, 0.1) is 13.8 Å². The normalized spacial score (nSPS) is 11.3. The van der Waals surface area contributed by atoms with E-state index in [1.54, 1.807) is 19.9 Å². The zero-order valence-electron chi connectivity index (χ0n) is 18.2. The molecule has 0 bridgehead atoms. The molecule has 0 spiro atoms. The molecular formula is C22H28N2O6S. The summed E-state index contributed by atoms with van der Waals surface area (Å²) in [5.41, 5.74) is 2.18. The fourth-order valence-corrected chi connectivity index (χ4v) is 4.34. The van der Waals surface area contributed by atoms with Crippen molar-refractivity contribution in [1.82, 2.24) is 4.31 Å². The van der Waals surface area contributed by atoms with Crippen molar-refractivity contribution in [2.45, 2.75) is 32.6 Å². The second-order valence-corrected chi connectivity index (χ2v) is 8.82. The summed E-state index contributed by atoms with van der Waals surface area (Å²) in [6, 6.07) is 11.6. The van der Waals surface area contributed by atoms with E-state index in [1.807, 2.05) is 32.0 Å². The number of sulfonamides is 1. The molecule has 2 aromatic carbocycles. The molecule has 2 aromatic rings. The Morgan fingerprint density at radius 3 is 2.39 bits per heavy atom. The minimum atomic E-state index is -3.65. The Balaban J connectivity index is 1.90. The van der Waals surface area contributed by atoms with Gasteiger partial charge in [0, 0.05) is 18.8 Å². The second-order valence-electron chi connectivity index (χ2n) is 6.88. The minimum absolute atomic E-state index is 0.0768. The first-order valence-electron chi connectivity index (χ1n) is 9.93. The fourth-order valence-electron chi connectivity index (χ4n) is 2.83. The van der Waals surface area contributed by atoms with Gasteiger partial charge in [0.15, 0.2) is 13.2 Å². The Morgan fingerprint density at radius 1 is 1.00 bits per heavy atom. The Morgan fingerprint density at radius 2 is 1.71 bits per heavy atom. The van der Waals surface area contributed by atoms with E-state index in [4.69, 9.17) is 9.47 Å². The van der Waals surface area contributed by atoms with E-state index in [0.717, 1.165) is 11.1 Å². The number of hydrogen-bond acceptors (Lipinski definition) is 6. The highest BCUT2D eigenvalue weighted by molar-refractivity contribution is 7.89. The zero-order chi connectivity index (χ0) is 23.0. The highest BCUT2D eigenvalue weighted by Gasteiger charge is 2.22. The Hall–Kier alpha value is -2.91. The van der Waals surface area contributed by atoms with Crippen molar-refractivity contribution in [2.75, 3.05) is 31.6 Å². The molecule has 0 atom stereocenters. The Labute approximate surface area is 183 Å². The highest BCUT2D eigenvalue weighted by atomic mass is 32.2. The number of ether oxygens (including phenoxy) is 2. The van der Waals surface area contributed by atoms with Crippen LogP contribution in [0.15, 0.2) is 47.4 Å². The van der Waals surface area contributed by atoms with Gasteiger partial charge in [-0.25, -0.2) is 13.2 Å². The molecule has 9 heteroatoms. The molecule has 168 valence electrons. The van der Waals surface area contributed by atoms with Gasteiger partial charge < -0.3 is 14.8 Å². The van der Waals surface area contributed by atoms with Crippen LogP contribution in [0.4, 0.5) is 5.69 Å². The third-order valence-electron chi connectivity index (χ3n) is 4.51. The van der Waals surface area contributed by atoms with E-state index < -0.39 is 28.5 Å². The van der Waals surface area contributed by atoms with Crippen LogP contribution in [0.2, 0.25) is 0 Å². The van der Waals surface area contributed by atoms with Gasteiger partial charge in [0.2, 0.25) is 10.0 Å². The average molecular weight is 449 g/mol. The number of aryl methyl sites for hydroxylation is 2. The number of carbonyl (C=O) groups excluding carboxylic acids is 2. The van der Waals surface area contributed by atoms with Gasteiger partial charge in [0.25, 0.3) is 5.91 Å². The summed E-state index contributed by atoms with van der Waals surface area (Å²) in [7, 11) is -3.65. The maximum absolute atomic E-state index is 12.6. The van der Waals surface area contributed by atoms with E-state index in [0.29, 0.717) is 24.5 Å². The molecule has 0 fully saturated rings. The van der Waals surface area contributed by atoms with Crippen LogP contribution >= 0.6 is 0 Å². The van der Waals surface area contributed by atoms with E-state index in [1.165, 1.54) is 22.5 Å². The van der Waals surface area contributed by atoms with Crippen LogP contribution in [-0.2, 0) is 24.3 Å². The Kier molecular flexibility index (Phi) is 8.58. The largest absolute Gasteiger partial charge is 0.482 e. The summed E-state index contributed by atoms with van der Waals surface area (Å²) in [6.07, 6.45) is 0. The van der Waals surface area contributed by atoms with Gasteiger partial charge in [-0.2, -0.15) is 4.31 Å². The first kappa shape index (κ1) is 24.4. The Bertz CT molecular complexity index is 1030. The van der Waals surface area contributed by atoms with Gasteiger partial charge in [-0.05, 0) is 49.2 Å². The summed E-state index contributed by atoms with van der Waals surface area (Å²) in [5.74, 6) is -0.695. The third-order valence-corrected chi connectivity index (χ3v) is 6.56. The van der Waals surface area contributed by atoms with Crippen molar-refractivity contribution in [2.24, 2.45) is 0 Å². The monoisotopic (exact) mass is 448 g/mol. The van der Waals surface area contributed by atoms with Crippen molar-refractivity contribution >= 4 is 27.6 Å². The van der Waals surface area contributed by atoms with Crippen LogP contribution < -0.4 is 10.1 Å². The lowest BCUT2D eigenvalue weighted by Gasteiger charge is -2.18. The number of nitrogens with zero attached hydrogens (tertiary/aromatic N) is 1. The minimum Gasteiger partial charge on any atom is -0.482 e. The summed E-state index contributed by atoms with van der Waals surface area (Å²) in [5, 5.41) is 2.54. The predicted molar refractivity (Wildman–Crippen MR) is 118 cm³/mol. The molecule has 0 saturated carbocycles. The standard InChI is InChI=1S/C22H28N2O6S/c1-5-24(6-2)31(27,28)19-9-7-8-18(13-19)23-21(25)14-30-22(26)15-29-20-12-16(3)10-11-17(20)4/h7-13H,5-6,14-15H2,1-4H3,(H,23,25). The quantitative estimate of drug-likeness (QED) is 0.561. The first-order chi connectivity index (χ1) is 14.7. The summed E-state index contributed by atoms with van der Waals surface area (Å²) in [4.78, 5) is 24.1. The summed E-state index contributed by atoms with van der Waals surface area (Å²) >= 11 is 0. The molecule has 0 aliphatic heterocycles. The van der Waals surface area contributed by atoms with Gasteiger partial charge in [-0.15, -0.1) is 0 Å². The van der Waals surface area contributed by atoms with Crippen LogP contribution in [-0.4, -0.2) is 50.9 Å². The average Bonchev–Trinajstić information content (AvgIpc) is 2.73. The number of rotatable bonds is 10. The molecule has 31 heavy (non-hydrogen) atoms. The summed E-state index contributed by atoms with van der Waals surface area (Å²) in [6.45, 7) is 7.14. The molecule has 8 nitrogen and oxygen atoms in total. The second kappa shape index (κ2) is 10.9. The van der Waals surface area contributed by atoms with Crippen molar-refractivity contribution in [3.05, 3.63) is 53.6 Å². The summed E-state index contributed by atoms with van der Waals surface area (Å²) < 4.78 is 36.9. The van der Waals surface area contributed by atoms with E-state index >= 15 is 0 Å². The van der Waals surface area contributed by atoms with Crippen molar-refractivity contribution in [3.63, 3.8) is 0 Å². The van der Waals surface area contributed by atoms with Crippen molar-refractivity contribution in [3.8, 4) is 5.75 Å². The van der Waals surface area contributed by atoms with Crippen molar-refractivity contribution < 1.29 is 27.5 Å². The zero-order valence-corrected chi connectivity index (χ0v) is 19.0. The number of benzene rings is 2. The maximum atomic E-state index is 12.6. The van der Waals surface area contributed by atoms with Gasteiger partial charge in [0.1, 0.15) is 5.75 Å². The molecule has 0 saturated heterocycles. The molecule has 1 N–H and O–H groups in total. The number of anilines is 1. The van der Waals surface area contributed by atoms with Gasteiger partial charge in [0.05, 0.1) is 4.90 Å². The molecule has 1 amide bonds. The van der Waals surface area contributed by atoms with Gasteiger partial charge >= 0.3 is 5.97 Å². The van der Waals surface area contributed by atoms with Crippen LogP contribution in [0.3, 0.4) is 0 Å². The highest BCUT2D eigenvalue weighted by Crippen LogP contribution is 2.20. The lowest BCUT2D eigenvalue weighted by atomic mass is 10.1. The lowest BCUT2D eigenvalue weighted by Crippen LogP contribution is -2.30. The molecule has 0 aliphatic rings. The maximum Gasteiger partial charge on any atom is 0.344 e. The number of nitrogens with one attached hydrogen (secondary N) is 1. The van der Waals surface area contributed by atoms with Crippen LogP contribution in [0.1, 0.15) is 25.0 Å².